The topological polar surface area (TPSA) is 67.8 Å². The van der Waals surface area contributed by atoms with Crippen LogP contribution in [0, 0.1) is 4.77 Å². The average Bonchev–Trinajstić information content (AvgIpc) is 2.30. The molecule has 0 saturated carbocycles. The Kier molecular flexibility index (Phi) is 2.57. The summed E-state index contributed by atoms with van der Waals surface area (Å²) in [5.41, 5.74) is 0. The van der Waals surface area contributed by atoms with Crippen molar-refractivity contribution in [2.24, 2.45) is 7.05 Å². The van der Waals surface area contributed by atoms with E-state index in [1.54, 1.807) is 25.5 Å². The molecule has 1 aromatic rings. The molecule has 80 valence electrons. The zero-order valence-corrected chi connectivity index (χ0v) is 10.2. The molecule has 0 bridgehead atoms. The molecule has 1 heterocycles. The number of aromatic amines is 1. The van der Waals surface area contributed by atoms with E-state index in [1.807, 2.05) is 0 Å². The molecule has 1 rings (SSSR count). The van der Waals surface area contributed by atoms with Crippen LogP contribution in [0.1, 0.15) is 19.7 Å². The van der Waals surface area contributed by atoms with E-state index in [0.717, 1.165) is 0 Å². The fourth-order valence-corrected chi connectivity index (χ4v) is 1.70. The maximum atomic E-state index is 11.5. The lowest BCUT2D eigenvalue weighted by molar-refractivity contribution is 0.540. The zero-order valence-electron chi connectivity index (χ0n) is 8.53. The van der Waals surface area contributed by atoms with Gasteiger partial charge in [0.2, 0.25) is 0 Å². The Morgan fingerprint density at radius 2 is 2.00 bits per heavy atom. The molecule has 0 aliphatic carbocycles. The largest absolute Gasteiger partial charge is 0.306 e. The number of aromatic nitrogens is 3. The van der Waals surface area contributed by atoms with E-state index in [9.17, 15) is 8.42 Å². The third-order valence-corrected chi connectivity index (χ3v) is 4.75. The van der Waals surface area contributed by atoms with Crippen LogP contribution in [0.3, 0.4) is 0 Å². The van der Waals surface area contributed by atoms with Crippen molar-refractivity contribution < 1.29 is 8.42 Å². The molecule has 0 amide bonds. The summed E-state index contributed by atoms with van der Waals surface area (Å²) < 4.78 is 24.0. The van der Waals surface area contributed by atoms with Gasteiger partial charge < -0.3 is 4.57 Å². The molecular formula is C7H13N3O2S2. The first-order valence-corrected chi connectivity index (χ1v) is 6.29. The first-order chi connectivity index (χ1) is 6.18. The first-order valence-electron chi connectivity index (χ1n) is 3.99. The van der Waals surface area contributed by atoms with Gasteiger partial charge in [-0.05, 0) is 26.1 Å². The van der Waals surface area contributed by atoms with Gasteiger partial charge in [0.15, 0.2) is 20.4 Å². The summed E-state index contributed by atoms with van der Waals surface area (Å²) in [7, 11) is -1.53. The number of hydrogen-bond acceptors (Lipinski definition) is 4. The van der Waals surface area contributed by atoms with E-state index >= 15 is 0 Å². The van der Waals surface area contributed by atoms with Crippen molar-refractivity contribution in [3.8, 4) is 0 Å². The molecule has 7 heteroatoms. The molecule has 0 unspecified atom stereocenters. The van der Waals surface area contributed by atoms with Crippen LogP contribution >= 0.6 is 12.2 Å². The summed E-state index contributed by atoms with van der Waals surface area (Å²) in [6.45, 7) is 3.21. The van der Waals surface area contributed by atoms with E-state index in [4.69, 9.17) is 12.2 Å². The van der Waals surface area contributed by atoms with Crippen LogP contribution in [-0.4, -0.2) is 29.4 Å². The SMILES string of the molecule is Cn1c(C(C)(C)S(C)(=O)=O)n[nH]c1=S. The van der Waals surface area contributed by atoms with E-state index in [0.29, 0.717) is 10.6 Å². The van der Waals surface area contributed by atoms with Crippen molar-refractivity contribution in [1.82, 2.24) is 14.8 Å². The van der Waals surface area contributed by atoms with Crippen LogP contribution in [0.5, 0.6) is 0 Å². The second-order valence-corrected chi connectivity index (χ2v) is 6.65. The molecule has 0 atom stereocenters. The van der Waals surface area contributed by atoms with Gasteiger partial charge in [-0.1, -0.05) is 0 Å². The quantitative estimate of drug-likeness (QED) is 0.768. The van der Waals surface area contributed by atoms with Crippen LogP contribution in [0.25, 0.3) is 0 Å². The third kappa shape index (κ3) is 1.61. The van der Waals surface area contributed by atoms with Gasteiger partial charge in [-0.15, -0.1) is 0 Å². The number of nitrogens with one attached hydrogen (secondary N) is 1. The molecule has 1 aromatic heterocycles. The van der Waals surface area contributed by atoms with E-state index in [-0.39, 0.29) is 0 Å². The van der Waals surface area contributed by atoms with E-state index in [2.05, 4.69) is 10.2 Å². The summed E-state index contributed by atoms with van der Waals surface area (Å²) in [5, 5.41) is 6.49. The molecule has 0 fully saturated rings. The number of sulfone groups is 1. The number of H-pyrrole nitrogens is 1. The van der Waals surface area contributed by atoms with Gasteiger partial charge in [-0.25, -0.2) is 8.42 Å². The van der Waals surface area contributed by atoms with Crippen LogP contribution in [0.2, 0.25) is 0 Å². The Bertz CT molecular complexity index is 495. The van der Waals surface area contributed by atoms with Gasteiger partial charge >= 0.3 is 0 Å². The number of rotatable bonds is 2. The van der Waals surface area contributed by atoms with E-state index < -0.39 is 14.6 Å². The molecule has 14 heavy (non-hydrogen) atoms. The molecule has 0 aromatic carbocycles. The standard InChI is InChI=1S/C7H13N3O2S2/c1-7(2,14(4,11)12)5-8-9-6(13)10(5)3/h1-4H3,(H,9,13). The zero-order chi connectivity index (χ0) is 11.1. The summed E-state index contributed by atoms with van der Waals surface area (Å²) >= 11 is 4.92. The Labute approximate surface area is 88.1 Å². The highest BCUT2D eigenvalue weighted by Crippen LogP contribution is 2.26. The Balaban J connectivity index is 3.46. The maximum absolute atomic E-state index is 11.5. The molecule has 0 aliphatic rings. The minimum Gasteiger partial charge on any atom is -0.306 e. The predicted octanol–water partition coefficient (Wildman–Crippen LogP) is 0.757. The number of nitrogens with zero attached hydrogens (tertiary/aromatic N) is 2. The minimum absolute atomic E-state index is 0.414. The van der Waals surface area contributed by atoms with Crippen LogP contribution in [0.4, 0.5) is 0 Å². The van der Waals surface area contributed by atoms with Gasteiger partial charge in [0.1, 0.15) is 4.75 Å². The Hall–Kier alpha value is -0.690. The summed E-state index contributed by atoms with van der Waals surface area (Å²) in [5.74, 6) is 0.421. The summed E-state index contributed by atoms with van der Waals surface area (Å²) in [6, 6.07) is 0. The molecule has 0 radical (unpaired) electrons. The van der Waals surface area contributed by atoms with Crippen LogP contribution in [0.15, 0.2) is 0 Å². The van der Waals surface area contributed by atoms with Gasteiger partial charge in [0.25, 0.3) is 0 Å². The Morgan fingerprint density at radius 3 is 2.29 bits per heavy atom. The van der Waals surface area contributed by atoms with Crippen molar-refractivity contribution in [1.29, 1.82) is 0 Å². The second-order valence-electron chi connectivity index (χ2n) is 3.69. The highest BCUT2D eigenvalue weighted by molar-refractivity contribution is 7.91. The lowest BCUT2D eigenvalue weighted by Crippen LogP contribution is -2.31. The monoisotopic (exact) mass is 235 g/mol. The van der Waals surface area contributed by atoms with Gasteiger partial charge in [-0.2, -0.15) is 5.10 Å². The average molecular weight is 235 g/mol. The lowest BCUT2D eigenvalue weighted by atomic mass is 10.2. The minimum atomic E-state index is -3.21. The van der Waals surface area contributed by atoms with Crippen molar-refractivity contribution >= 4 is 22.1 Å². The lowest BCUT2D eigenvalue weighted by Gasteiger charge is -2.20. The highest BCUT2D eigenvalue weighted by Gasteiger charge is 2.36. The van der Waals surface area contributed by atoms with Gasteiger partial charge in [0, 0.05) is 13.3 Å². The highest BCUT2D eigenvalue weighted by atomic mass is 32.2. The van der Waals surface area contributed by atoms with Crippen molar-refractivity contribution in [3.05, 3.63) is 10.6 Å². The summed E-state index contributed by atoms with van der Waals surface area (Å²) in [6.07, 6.45) is 1.19. The number of hydrogen-bond donors (Lipinski definition) is 1. The van der Waals surface area contributed by atoms with Gasteiger partial charge in [0.05, 0.1) is 0 Å². The van der Waals surface area contributed by atoms with Gasteiger partial charge in [-0.3, -0.25) is 5.10 Å². The fourth-order valence-electron chi connectivity index (χ4n) is 1.05. The van der Waals surface area contributed by atoms with Crippen molar-refractivity contribution in [3.63, 3.8) is 0 Å². The fraction of sp³-hybridized carbons (Fsp3) is 0.714. The molecule has 0 saturated heterocycles. The maximum Gasteiger partial charge on any atom is 0.194 e. The first kappa shape index (κ1) is 11.4. The Morgan fingerprint density at radius 1 is 1.50 bits per heavy atom. The second kappa shape index (κ2) is 3.16. The molecule has 0 aliphatic heterocycles. The smallest absolute Gasteiger partial charge is 0.194 e. The van der Waals surface area contributed by atoms with Crippen molar-refractivity contribution in [2.45, 2.75) is 18.6 Å². The van der Waals surface area contributed by atoms with E-state index in [1.165, 1.54) is 6.26 Å². The van der Waals surface area contributed by atoms with Crippen LogP contribution in [-0.2, 0) is 21.6 Å². The molecule has 1 N–H and O–H groups in total. The summed E-state index contributed by atoms with van der Waals surface area (Å²) in [4.78, 5) is 0. The molecular weight excluding hydrogens is 222 g/mol. The molecule has 0 spiro atoms. The molecule has 5 nitrogen and oxygen atoms in total. The third-order valence-electron chi connectivity index (χ3n) is 2.35. The van der Waals surface area contributed by atoms with Crippen molar-refractivity contribution in [2.75, 3.05) is 6.26 Å². The normalized spacial score (nSPS) is 13.1. The predicted molar refractivity (Wildman–Crippen MR) is 56.3 cm³/mol. The van der Waals surface area contributed by atoms with Crippen LogP contribution < -0.4 is 0 Å².